The van der Waals surface area contributed by atoms with Crippen LogP contribution in [0, 0.1) is 0 Å². The van der Waals surface area contributed by atoms with E-state index >= 15 is 0 Å². The molecule has 0 aliphatic rings. The predicted octanol–water partition coefficient (Wildman–Crippen LogP) is 1.61. The topological polar surface area (TPSA) is 49.5 Å². The van der Waals surface area contributed by atoms with E-state index in [2.05, 4.69) is 18.7 Å². The Morgan fingerprint density at radius 1 is 1.29 bits per heavy atom. The summed E-state index contributed by atoms with van der Waals surface area (Å²) in [5.74, 6) is 0. The fraction of sp³-hybridized carbons (Fsp3) is 0.455. The molecule has 0 saturated heterocycles. The van der Waals surface area contributed by atoms with Crippen molar-refractivity contribution < 1.29 is 5.11 Å². The molecule has 1 rings (SSSR count). The number of rotatable bonds is 4. The lowest BCUT2D eigenvalue weighted by Gasteiger charge is -2.21. The van der Waals surface area contributed by atoms with Crippen LogP contribution in [0.1, 0.15) is 19.4 Å². The Kier molecular flexibility index (Phi) is 3.77. The molecule has 0 amide bonds. The fourth-order valence-electron chi connectivity index (χ4n) is 1.51. The van der Waals surface area contributed by atoms with Crippen LogP contribution >= 0.6 is 0 Å². The van der Waals surface area contributed by atoms with E-state index in [9.17, 15) is 0 Å². The Balaban J connectivity index is 2.98. The van der Waals surface area contributed by atoms with Gasteiger partial charge in [-0.15, -0.1) is 0 Å². The van der Waals surface area contributed by atoms with Crippen LogP contribution in [0.5, 0.6) is 0 Å². The third-order valence-electron chi connectivity index (χ3n) is 2.43. The first kappa shape index (κ1) is 10.9. The summed E-state index contributed by atoms with van der Waals surface area (Å²) in [6.45, 7) is 6.15. The average Bonchev–Trinajstić information content (AvgIpc) is 2.22. The van der Waals surface area contributed by atoms with Crippen molar-refractivity contribution in [3.05, 3.63) is 23.8 Å². The van der Waals surface area contributed by atoms with Crippen LogP contribution in [0.3, 0.4) is 0 Å². The molecule has 0 aliphatic carbocycles. The molecule has 0 spiro atoms. The number of nitrogens with zero attached hydrogens (tertiary/aromatic N) is 1. The molecule has 1 aromatic rings. The van der Waals surface area contributed by atoms with Crippen molar-refractivity contribution in [1.29, 1.82) is 0 Å². The molecular weight excluding hydrogens is 176 g/mol. The lowest BCUT2D eigenvalue weighted by molar-refractivity contribution is 0.282. The van der Waals surface area contributed by atoms with Crippen LogP contribution in [0.2, 0.25) is 0 Å². The van der Waals surface area contributed by atoms with Crippen LogP contribution in [-0.4, -0.2) is 18.2 Å². The number of anilines is 2. The summed E-state index contributed by atoms with van der Waals surface area (Å²) in [5, 5.41) is 9.07. The second-order valence-electron chi connectivity index (χ2n) is 3.21. The minimum absolute atomic E-state index is 0.000934. The molecule has 0 bridgehead atoms. The SMILES string of the molecule is CCN(CC)c1ccc(N)c(CO)c1. The molecule has 3 nitrogen and oxygen atoms in total. The second kappa shape index (κ2) is 4.86. The van der Waals surface area contributed by atoms with Gasteiger partial charge in [-0.05, 0) is 32.0 Å². The van der Waals surface area contributed by atoms with Crippen LogP contribution < -0.4 is 10.6 Å². The van der Waals surface area contributed by atoms with Gasteiger partial charge in [0.1, 0.15) is 0 Å². The summed E-state index contributed by atoms with van der Waals surface area (Å²) >= 11 is 0. The van der Waals surface area contributed by atoms with Crippen LogP contribution in [-0.2, 0) is 6.61 Å². The van der Waals surface area contributed by atoms with Gasteiger partial charge < -0.3 is 15.7 Å². The molecule has 3 N–H and O–H groups in total. The maximum absolute atomic E-state index is 9.07. The summed E-state index contributed by atoms with van der Waals surface area (Å²) in [4.78, 5) is 2.22. The number of aliphatic hydroxyl groups excluding tert-OH is 1. The zero-order valence-electron chi connectivity index (χ0n) is 8.83. The molecule has 0 aliphatic heterocycles. The van der Waals surface area contributed by atoms with Gasteiger partial charge in [0.15, 0.2) is 0 Å². The first-order valence-corrected chi connectivity index (χ1v) is 4.97. The van der Waals surface area contributed by atoms with E-state index in [0.717, 1.165) is 24.3 Å². The monoisotopic (exact) mass is 194 g/mol. The fourth-order valence-corrected chi connectivity index (χ4v) is 1.51. The largest absolute Gasteiger partial charge is 0.398 e. The summed E-state index contributed by atoms with van der Waals surface area (Å²) in [6.07, 6.45) is 0. The molecule has 0 fully saturated rings. The molecule has 1 aromatic carbocycles. The van der Waals surface area contributed by atoms with Gasteiger partial charge in [0.05, 0.1) is 6.61 Å². The van der Waals surface area contributed by atoms with E-state index in [4.69, 9.17) is 10.8 Å². The van der Waals surface area contributed by atoms with Crippen molar-refractivity contribution in [2.75, 3.05) is 23.7 Å². The van der Waals surface area contributed by atoms with Crippen LogP contribution in [0.15, 0.2) is 18.2 Å². The number of benzene rings is 1. The van der Waals surface area contributed by atoms with Crippen molar-refractivity contribution in [3.8, 4) is 0 Å². The maximum Gasteiger partial charge on any atom is 0.0702 e. The first-order valence-electron chi connectivity index (χ1n) is 4.97. The molecule has 0 saturated carbocycles. The highest BCUT2D eigenvalue weighted by Gasteiger charge is 2.04. The normalized spacial score (nSPS) is 10.2. The molecule has 14 heavy (non-hydrogen) atoms. The van der Waals surface area contributed by atoms with E-state index in [1.807, 2.05) is 18.2 Å². The van der Waals surface area contributed by atoms with Gasteiger partial charge in [-0.3, -0.25) is 0 Å². The van der Waals surface area contributed by atoms with Crippen molar-refractivity contribution in [1.82, 2.24) is 0 Å². The minimum atomic E-state index is 0.000934. The third-order valence-corrected chi connectivity index (χ3v) is 2.43. The van der Waals surface area contributed by atoms with Gasteiger partial charge in [-0.25, -0.2) is 0 Å². The molecule has 78 valence electrons. The number of nitrogen functional groups attached to an aromatic ring is 1. The smallest absolute Gasteiger partial charge is 0.0702 e. The van der Waals surface area contributed by atoms with Gasteiger partial charge in [-0.1, -0.05) is 0 Å². The van der Waals surface area contributed by atoms with Gasteiger partial charge in [0.2, 0.25) is 0 Å². The Bertz CT molecular complexity index is 295. The predicted molar refractivity (Wildman–Crippen MR) is 60.3 cm³/mol. The van der Waals surface area contributed by atoms with Gasteiger partial charge >= 0.3 is 0 Å². The Hall–Kier alpha value is -1.22. The highest BCUT2D eigenvalue weighted by molar-refractivity contribution is 5.58. The number of hydrogen-bond acceptors (Lipinski definition) is 3. The lowest BCUT2D eigenvalue weighted by atomic mass is 10.1. The molecule has 0 radical (unpaired) electrons. The summed E-state index contributed by atoms with van der Waals surface area (Å²) in [5.41, 5.74) is 8.28. The molecule has 0 aromatic heterocycles. The number of aliphatic hydroxyl groups is 1. The van der Waals surface area contributed by atoms with Crippen LogP contribution in [0.4, 0.5) is 11.4 Å². The zero-order valence-corrected chi connectivity index (χ0v) is 8.83. The third kappa shape index (κ3) is 2.17. The highest BCUT2D eigenvalue weighted by atomic mass is 16.3. The van der Waals surface area contributed by atoms with E-state index in [1.54, 1.807) is 0 Å². The van der Waals surface area contributed by atoms with Crippen molar-refractivity contribution in [2.24, 2.45) is 0 Å². The standard InChI is InChI=1S/C11H18N2O/c1-3-13(4-2)10-5-6-11(12)9(7-10)8-14/h5-7,14H,3-4,8,12H2,1-2H3. The first-order chi connectivity index (χ1) is 6.72. The Morgan fingerprint density at radius 2 is 1.93 bits per heavy atom. The second-order valence-corrected chi connectivity index (χ2v) is 3.21. The molecule has 3 heteroatoms. The quantitative estimate of drug-likeness (QED) is 0.716. The minimum Gasteiger partial charge on any atom is -0.398 e. The summed E-state index contributed by atoms with van der Waals surface area (Å²) < 4.78 is 0. The van der Waals surface area contributed by atoms with Crippen molar-refractivity contribution in [3.63, 3.8) is 0 Å². The Labute approximate surface area is 85.2 Å². The highest BCUT2D eigenvalue weighted by Crippen LogP contribution is 2.20. The van der Waals surface area contributed by atoms with E-state index in [1.165, 1.54) is 0 Å². The number of nitrogens with two attached hydrogens (primary N) is 1. The molecule has 0 unspecified atom stereocenters. The maximum atomic E-state index is 9.07. The molecular formula is C11H18N2O. The summed E-state index contributed by atoms with van der Waals surface area (Å²) in [7, 11) is 0. The van der Waals surface area contributed by atoms with E-state index < -0.39 is 0 Å². The van der Waals surface area contributed by atoms with Crippen molar-refractivity contribution in [2.45, 2.75) is 20.5 Å². The van der Waals surface area contributed by atoms with Crippen LogP contribution in [0.25, 0.3) is 0 Å². The van der Waals surface area contributed by atoms with E-state index in [0.29, 0.717) is 5.69 Å². The Morgan fingerprint density at radius 3 is 2.43 bits per heavy atom. The number of hydrogen-bond donors (Lipinski definition) is 2. The van der Waals surface area contributed by atoms with Gasteiger partial charge in [0, 0.05) is 30.0 Å². The van der Waals surface area contributed by atoms with E-state index in [-0.39, 0.29) is 6.61 Å². The lowest BCUT2D eigenvalue weighted by Crippen LogP contribution is -2.21. The van der Waals surface area contributed by atoms with Gasteiger partial charge in [-0.2, -0.15) is 0 Å². The van der Waals surface area contributed by atoms with Gasteiger partial charge in [0.25, 0.3) is 0 Å². The zero-order chi connectivity index (χ0) is 10.6. The average molecular weight is 194 g/mol. The summed E-state index contributed by atoms with van der Waals surface area (Å²) in [6, 6.07) is 5.78. The van der Waals surface area contributed by atoms with Crippen molar-refractivity contribution >= 4 is 11.4 Å². The molecule has 0 atom stereocenters. The molecule has 0 heterocycles.